The molecule has 1 saturated carbocycles. The molecule has 0 spiro atoms. The molecule has 2 heteroatoms. The van der Waals surface area contributed by atoms with Gasteiger partial charge in [0.05, 0.1) is 11.4 Å². The Balaban J connectivity index is 2.24. The Morgan fingerprint density at radius 3 is 2.56 bits per heavy atom. The first-order chi connectivity index (χ1) is 7.58. The average Bonchev–Trinajstić information content (AvgIpc) is 2.97. The molecular formula is C14H22N2. The predicted octanol–water partition coefficient (Wildman–Crippen LogP) is 3.20. The Morgan fingerprint density at radius 2 is 2.06 bits per heavy atom. The zero-order chi connectivity index (χ0) is 11.7. The van der Waals surface area contributed by atoms with Crippen LogP contribution in [0.15, 0.2) is 18.2 Å². The topological polar surface area (TPSA) is 29.3 Å². The maximum Gasteiger partial charge on any atom is 0.0602 e. The van der Waals surface area contributed by atoms with Crippen LogP contribution in [0, 0.1) is 12.8 Å². The van der Waals surface area contributed by atoms with Gasteiger partial charge in [-0.3, -0.25) is 0 Å². The van der Waals surface area contributed by atoms with Crippen molar-refractivity contribution in [2.24, 2.45) is 5.92 Å². The highest BCUT2D eigenvalue weighted by molar-refractivity contribution is 5.69. The molecule has 0 bridgehead atoms. The lowest BCUT2D eigenvalue weighted by Crippen LogP contribution is -2.30. The second kappa shape index (κ2) is 4.36. The van der Waals surface area contributed by atoms with Gasteiger partial charge in [0.15, 0.2) is 0 Å². The number of nitrogen functional groups attached to an aromatic ring is 1. The molecule has 2 nitrogen and oxygen atoms in total. The highest BCUT2D eigenvalue weighted by Crippen LogP contribution is 2.35. The maximum atomic E-state index is 6.12. The number of benzene rings is 1. The Bertz CT molecular complexity index is 367. The van der Waals surface area contributed by atoms with Gasteiger partial charge >= 0.3 is 0 Å². The smallest absolute Gasteiger partial charge is 0.0602 e. The molecule has 0 amide bonds. The summed E-state index contributed by atoms with van der Waals surface area (Å²) in [6.45, 7) is 7.72. The van der Waals surface area contributed by atoms with Gasteiger partial charge in [-0.1, -0.05) is 19.9 Å². The molecule has 1 fully saturated rings. The molecule has 1 aliphatic carbocycles. The summed E-state index contributed by atoms with van der Waals surface area (Å²) in [6, 6.07) is 7.13. The van der Waals surface area contributed by atoms with Crippen molar-refractivity contribution in [3.8, 4) is 0 Å². The monoisotopic (exact) mass is 218 g/mol. The minimum atomic E-state index is 0.682. The Labute approximate surface area is 98.4 Å². The highest BCUT2D eigenvalue weighted by Gasteiger charge is 2.30. The van der Waals surface area contributed by atoms with Gasteiger partial charge in [-0.15, -0.1) is 0 Å². The second-order valence-corrected chi connectivity index (χ2v) is 5.34. The van der Waals surface area contributed by atoms with Crippen molar-refractivity contribution in [3.63, 3.8) is 0 Å². The summed E-state index contributed by atoms with van der Waals surface area (Å²) in [5, 5.41) is 0. The van der Waals surface area contributed by atoms with E-state index in [9.17, 15) is 0 Å². The van der Waals surface area contributed by atoms with Crippen LogP contribution in [0.3, 0.4) is 0 Å². The molecular weight excluding hydrogens is 196 g/mol. The van der Waals surface area contributed by atoms with E-state index in [1.54, 1.807) is 0 Å². The molecule has 0 saturated heterocycles. The quantitative estimate of drug-likeness (QED) is 0.786. The molecule has 1 aromatic carbocycles. The summed E-state index contributed by atoms with van der Waals surface area (Å²) in [4.78, 5) is 2.49. The van der Waals surface area contributed by atoms with Crippen LogP contribution in [0.4, 0.5) is 11.4 Å². The van der Waals surface area contributed by atoms with Crippen molar-refractivity contribution >= 4 is 11.4 Å². The average molecular weight is 218 g/mol. The molecule has 0 unspecified atom stereocenters. The minimum absolute atomic E-state index is 0.682. The van der Waals surface area contributed by atoms with Gasteiger partial charge in [-0.25, -0.2) is 0 Å². The van der Waals surface area contributed by atoms with Crippen molar-refractivity contribution in [2.45, 2.75) is 39.7 Å². The van der Waals surface area contributed by atoms with Gasteiger partial charge in [-0.05, 0) is 43.4 Å². The summed E-state index contributed by atoms with van der Waals surface area (Å²) in [5.74, 6) is 0.682. The summed E-state index contributed by atoms with van der Waals surface area (Å²) < 4.78 is 0. The van der Waals surface area contributed by atoms with E-state index in [-0.39, 0.29) is 0 Å². The van der Waals surface area contributed by atoms with Crippen LogP contribution < -0.4 is 10.6 Å². The first-order valence-electron chi connectivity index (χ1n) is 6.20. The van der Waals surface area contributed by atoms with Gasteiger partial charge in [-0.2, -0.15) is 0 Å². The van der Waals surface area contributed by atoms with Crippen molar-refractivity contribution in [3.05, 3.63) is 23.8 Å². The second-order valence-electron chi connectivity index (χ2n) is 5.34. The summed E-state index contributed by atoms with van der Waals surface area (Å²) in [7, 11) is 0. The molecule has 88 valence electrons. The summed E-state index contributed by atoms with van der Waals surface area (Å²) in [6.07, 6.45) is 2.64. The zero-order valence-electron chi connectivity index (χ0n) is 10.5. The van der Waals surface area contributed by atoms with Crippen LogP contribution in [-0.2, 0) is 0 Å². The van der Waals surface area contributed by atoms with E-state index in [1.807, 2.05) is 0 Å². The number of rotatable bonds is 4. The van der Waals surface area contributed by atoms with Gasteiger partial charge in [0.1, 0.15) is 0 Å². The molecule has 0 radical (unpaired) electrons. The predicted molar refractivity (Wildman–Crippen MR) is 70.8 cm³/mol. The number of hydrogen-bond acceptors (Lipinski definition) is 2. The van der Waals surface area contributed by atoms with Crippen molar-refractivity contribution in [1.82, 2.24) is 0 Å². The molecule has 16 heavy (non-hydrogen) atoms. The minimum Gasteiger partial charge on any atom is -0.397 e. The molecule has 2 N–H and O–H groups in total. The summed E-state index contributed by atoms with van der Waals surface area (Å²) >= 11 is 0. The number of aryl methyl sites for hydroxylation is 1. The van der Waals surface area contributed by atoms with E-state index < -0.39 is 0 Å². The van der Waals surface area contributed by atoms with E-state index in [0.717, 1.165) is 18.3 Å². The fourth-order valence-corrected chi connectivity index (χ4v) is 2.16. The molecule has 1 aliphatic rings. The van der Waals surface area contributed by atoms with Crippen molar-refractivity contribution in [1.29, 1.82) is 0 Å². The molecule has 0 atom stereocenters. The first-order valence-corrected chi connectivity index (χ1v) is 6.20. The van der Waals surface area contributed by atoms with E-state index in [1.165, 1.54) is 24.1 Å². The Kier molecular flexibility index (Phi) is 3.08. The van der Waals surface area contributed by atoms with Crippen LogP contribution in [0.1, 0.15) is 32.3 Å². The lowest BCUT2D eigenvalue weighted by molar-refractivity contribution is 0.608. The largest absolute Gasteiger partial charge is 0.397 e. The van der Waals surface area contributed by atoms with Crippen LogP contribution in [0.25, 0.3) is 0 Å². The fourth-order valence-electron chi connectivity index (χ4n) is 2.16. The first kappa shape index (κ1) is 11.3. The third-order valence-corrected chi connectivity index (χ3v) is 3.04. The van der Waals surface area contributed by atoms with Gasteiger partial charge in [0.25, 0.3) is 0 Å². The van der Waals surface area contributed by atoms with Gasteiger partial charge < -0.3 is 10.6 Å². The van der Waals surface area contributed by atoms with Crippen molar-refractivity contribution in [2.75, 3.05) is 17.2 Å². The number of anilines is 2. The normalized spacial score (nSPS) is 15.5. The van der Waals surface area contributed by atoms with Crippen LogP contribution >= 0.6 is 0 Å². The zero-order valence-corrected chi connectivity index (χ0v) is 10.5. The van der Waals surface area contributed by atoms with E-state index in [4.69, 9.17) is 5.73 Å². The number of nitrogens with two attached hydrogens (primary N) is 1. The van der Waals surface area contributed by atoms with Crippen molar-refractivity contribution < 1.29 is 0 Å². The lowest BCUT2D eigenvalue weighted by Gasteiger charge is -2.28. The maximum absolute atomic E-state index is 6.12. The Morgan fingerprint density at radius 1 is 1.38 bits per heavy atom. The lowest BCUT2D eigenvalue weighted by atomic mass is 10.1. The van der Waals surface area contributed by atoms with E-state index >= 15 is 0 Å². The van der Waals surface area contributed by atoms with Crippen LogP contribution in [0.5, 0.6) is 0 Å². The molecule has 2 rings (SSSR count). The number of hydrogen-bond donors (Lipinski definition) is 1. The number of nitrogens with zero attached hydrogens (tertiary/aromatic N) is 1. The SMILES string of the molecule is Cc1ccc(N(CC(C)C)C2CC2)c(N)c1. The Hall–Kier alpha value is -1.18. The molecule has 0 aliphatic heterocycles. The van der Waals surface area contributed by atoms with E-state index in [2.05, 4.69) is 43.9 Å². The highest BCUT2D eigenvalue weighted by atomic mass is 15.2. The standard InChI is InChI=1S/C14H22N2/c1-10(2)9-16(12-5-6-12)14-7-4-11(3)8-13(14)15/h4,7-8,10,12H,5-6,9,15H2,1-3H3. The molecule has 0 heterocycles. The van der Waals surface area contributed by atoms with Crippen LogP contribution in [-0.4, -0.2) is 12.6 Å². The van der Waals surface area contributed by atoms with Gasteiger partial charge in [0.2, 0.25) is 0 Å². The van der Waals surface area contributed by atoms with E-state index in [0.29, 0.717) is 5.92 Å². The van der Waals surface area contributed by atoms with Gasteiger partial charge in [0, 0.05) is 12.6 Å². The van der Waals surface area contributed by atoms with Crippen LogP contribution in [0.2, 0.25) is 0 Å². The summed E-state index contributed by atoms with van der Waals surface area (Å²) in [5.41, 5.74) is 9.51. The fraction of sp³-hybridized carbons (Fsp3) is 0.571. The molecule has 1 aromatic rings. The molecule has 0 aromatic heterocycles. The third kappa shape index (κ3) is 2.49. The third-order valence-electron chi connectivity index (χ3n) is 3.04.